The molecule has 1 aliphatic heterocycles. The summed E-state index contributed by atoms with van der Waals surface area (Å²) in [5.41, 5.74) is 0.494. The first-order valence-electron chi connectivity index (χ1n) is 9.06. The summed E-state index contributed by atoms with van der Waals surface area (Å²) in [6.07, 6.45) is 3.63. The van der Waals surface area contributed by atoms with E-state index in [1.165, 1.54) is 23.0 Å². The maximum atomic E-state index is 13.0. The molecule has 0 saturated carbocycles. The Morgan fingerprint density at radius 2 is 2.13 bits per heavy atom. The van der Waals surface area contributed by atoms with Crippen LogP contribution >= 0.6 is 0 Å². The molecule has 1 fully saturated rings. The monoisotopic (exact) mass is 439 g/mol. The van der Waals surface area contributed by atoms with Crippen LogP contribution in [0.1, 0.15) is 12.1 Å². The molecule has 4 heterocycles. The molecule has 3 aromatic heterocycles. The average Bonchev–Trinajstić information content (AvgIpc) is 3.15. The third kappa shape index (κ3) is 4.52. The van der Waals surface area contributed by atoms with Gasteiger partial charge in [-0.25, -0.2) is 41.9 Å². The number of morpholine rings is 1. The predicted molar refractivity (Wildman–Crippen MR) is 104 cm³/mol. The summed E-state index contributed by atoms with van der Waals surface area (Å²) < 4.78 is 58.2. The van der Waals surface area contributed by atoms with E-state index in [0.29, 0.717) is 42.7 Å². The summed E-state index contributed by atoms with van der Waals surface area (Å²) in [4.78, 5) is 18.7. The minimum Gasteiger partial charge on any atom is -0.373 e. The van der Waals surface area contributed by atoms with Crippen LogP contribution in [0.2, 0.25) is 0 Å². The van der Waals surface area contributed by atoms with Gasteiger partial charge in [0.2, 0.25) is 10.0 Å². The Hall–Kier alpha value is -2.77. The Morgan fingerprint density at radius 1 is 1.30 bits per heavy atom. The molecule has 160 valence electrons. The van der Waals surface area contributed by atoms with Crippen LogP contribution in [0.25, 0.3) is 17.2 Å². The van der Waals surface area contributed by atoms with Gasteiger partial charge < -0.3 is 9.64 Å². The van der Waals surface area contributed by atoms with Crippen molar-refractivity contribution in [1.82, 2.24) is 29.1 Å². The summed E-state index contributed by atoms with van der Waals surface area (Å²) in [6.45, 7) is 1.57. The lowest BCUT2D eigenvalue weighted by Crippen LogP contribution is -2.47. The van der Waals surface area contributed by atoms with Crippen LogP contribution in [0, 0.1) is 0 Å². The maximum absolute atomic E-state index is 13.0. The third-order valence-electron chi connectivity index (χ3n) is 4.55. The van der Waals surface area contributed by atoms with E-state index in [4.69, 9.17) is 4.74 Å². The first-order valence-corrected chi connectivity index (χ1v) is 10.9. The number of sulfonamides is 1. The molecule has 0 radical (unpaired) electrons. The van der Waals surface area contributed by atoms with E-state index in [1.807, 2.05) is 4.90 Å². The summed E-state index contributed by atoms with van der Waals surface area (Å²) >= 11 is 0. The lowest BCUT2D eigenvalue weighted by Gasteiger charge is -2.33. The van der Waals surface area contributed by atoms with Crippen molar-refractivity contribution >= 4 is 21.5 Å². The fraction of sp³-hybridized carbons (Fsp3) is 0.412. The van der Waals surface area contributed by atoms with Crippen molar-refractivity contribution in [1.29, 1.82) is 0 Å². The molecule has 13 heteroatoms. The van der Waals surface area contributed by atoms with Gasteiger partial charge in [0.25, 0.3) is 6.43 Å². The van der Waals surface area contributed by atoms with E-state index >= 15 is 0 Å². The van der Waals surface area contributed by atoms with Crippen LogP contribution in [0.15, 0.2) is 30.9 Å². The van der Waals surface area contributed by atoms with Gasteiger partial charge in [-0.3, -0.25) is 4.40 Å². The number of anilines is 1. The molecule has 0 amide bonds. The lowest BCUT2D eigenvalue weighted by atomic mass is 10.2. The summed E-state index contributed by atoms with van der Waals surface area (Å²) in [6, 6.07) is 1.73. The first kappa shape index (κ1) is 20.5. The highest BCUT2D eigenvalue weighted by atomic mass is 32.2. The normalized spacial score (nSPS) is 17.7. The molecule has 0 aliphatic carbocycles. The van der Waals surface area contributed by atoms with E-state index < -0.39 is 16.4 Å². The Bertz CT molecular complexity index is 1160. The highest BCUT2D eigenvalue weighted by molar-refractivity contribution is 7.88. The van der Waals surface area contributed by atoms with Crippen molar-refractivity contribution in [2.24, 2.45) is 0 Å². The second kappa shape index (κ2) is 8.16. The molecule has 1 N–H and O–H groups in total. The third-order valence-corrected chi connectivity index (χ3v) is 5.24. The number of imidazole rings is 1. The second-order valence-corrected chi connectivity index (χ2v) is 8.62. The topological polar surface area (TPSA) is 115 Å². The Morgan fingerprint density at radius 3 is 2.90 bits per heavy atom. The van der Waals surface area contributed by atoms with Gasteiger partial charge in [-0.15, -0.1) is 0 Å². The average molecular weight is 439 g/mol. The van der Waals surface area contributed by atoms with Crippen molar-refractivity contribution in [3.8, 4) is 11.5 Å². The minimum absolute atomic E-state index is 0.157. The number of halogens is 2. The van der Waals surface area contributed by atoms with Gasteiger partial charge in [-0.1, -0.05) is 0 Å². The number of alkyl halides is 2. The number of rotatable bonds is 6. The van der Waals surface area contributed by atoms with Crippen LogP contribution < -0.4 is 9.62 Å². The highest BCUT2D eigenvalue weighted by Crippen LogP contribution is 2.23. The Kier molecular flexibility index (Phi) is 5.58. The van der Waals surface area contributed by atoms with Gasteiger partial charge in [0.05, 0.1) is 31.4 Å². The zero-order chi connectivity index (χ0) is 21.3. The van der Waals surface area contributed by atoms with Crippen LogP contribution in [-0.2, 0) is 14.8 Å². The number of nitrogens with one attached hydrogen (secondary N) is 1. The first-order chi connectivity index (χ1) is 14.3. The number of nitrogens with zero attached hydrogens (tertiary/aromatic N) is 6. The van der Waals surface area contributed by atoms with E-state index in [2.05, 4.69) is 24.7 Å². The summed E-state index contributed by atoms with van der Waals surface area (Å²) in [5, 5.41) is 0. The Labute approximate surface area is 171 Å². The quantitative estimate of drug-likeness (QED) is 0.602. The highest BCUT2D eigenvalue weighted by Gasteiger charge is 2.23. The SMILES string of the molecule is CS(=O)(=O)NC[C@@H]1CN(c2ccnc(-c3cnc4cnc(C(F)F)cn34)n2)CCO1. The molecular formula is C17H19F2N7O3S. The van der Waals surface area contributed by atoms with Crippen LogP contribution in [0.4, 0.5) is 14.6 Å². The Balaban J connectivity index is 1.59. The van der Waals surface area contributed by atoms with E-state index in [-0.39, 0.29) is 18.3 Å². The number of hydrogen-bond donors (Lipinski definition) is 1. The van der Waals surface area contributed by atoms with E-state index in [1.54, 1.807) is 12.3 Å². The van der Waals surface area contributed by atoms with Gasteiger partial charge in [0, 0.05) is 32.0 Å². The molecule has 1 aliphatic rings. The molecule has 0 bridgehead atoms. The summed E-state index contributed by atoms with van der Waals surface area (Å²) in [7, 11) is -3.31. The van der Waals surface area contributed by atoms with Crippen LogP contribution in [-0.4, -0.2) is 71.4 Å². The van der Waals surface area contributed by atoms with Crippen molar-refractivity contribution in [2.75, 3.05) is 37.4 Å². The van der Waals surface area contributed by atoms with Crippen molar-refractivity contribution in [3.63, 3.8) is 0 Å². The molecular weight excluding hydrogens is 420 g/mol. The van der Waals surface area contributed by atoms with Gasteiger partial charge in [0.15, 0.2) is 11.5 Å². The summed E-state index contributed by atoms with van der Waals surface area (Å²) in [5.74, 6) is 0.939. The molecule has 4 rings (SSSR count). The second-order valence-electron chi connectivity index (χ2n) is 6.78. The zero-order valence-electron chi connectivity index (χ0n) is 15.9. The largest absolute Gasteiger partial charge is 0.373 e. The van der Waals surface area contributed by atoms with Crippen LogP contribution in [0.3, 0.4) is 0 Å². The number of hydrogen-bond acceptors (Lipinski definition) is 8. The van der Waals surface area contributed by atoms with E-state index in [0.717, 1.165) is 6.26 Å². The number of fused-ring (bicyclic) bond motifs is 1. The maximum Gasteiger partial charge on any atom is 0.281 e. The lowest BCUT2D eigenvalue weighted by molar-refractivity contribution is 0.0440. The van der Waals surface area contributed by atoms with Crippen molar-refractivity contribution in [3.05, 3.63) is 36.5 Å². The van der Waals surface area contributed by atoms with Crippen molar-refractivity contribution < 1.29 is 21.9 Å². The van der Waals surface area contributed by atoms with E-state index in [9.17, 15) is 17.2 Å². The molecule has 30 heavy (non-hydrogen) atoms. The van der Waals surface area contributed by atoms with Crippen LogP contribution in [0.5, 0.6) is 0 Å². The number of ether oxygens (including phenoxy) is 1. The molecule has 1 saturated heterocycles. The number of aromatic nitrogens is 5. The molecule has 3 aromatic rings. The zero-order valence-corrected chi connectivity index (χ0v) is 16.8. The van der Waals surface area contributed by atoms with Gasteiger partial charge in [0.1, 0.15) is 17.2 Å². The molecule has 0 spiro atoms. The van der Waals surface area contributed by atoms with Gasteiger partial charge in [-0.05, 0) is 6.07 Å². The standard InChI is InChI=1S/C17H19F2N7O3S/c1-30(27,28)23-6-11-9-25(4-5-29-11)14-2-3-20-17(24-14)13-7-22-15-8-21-12(16(18)19)10-26(13)15/h2-3,7-8,10-11,16,23H,4-6,9H2,1H3/t11-/m1/s1. The molecule has 10 nitrogen and oxygen atoms in total. The minimum atomic E-state index is -3.31. The van der Waals surface area contributed by atoms with Crippen molar-refractivity contribution in [2.45, 2.75) is 12.5 Å². The molecule has 1 atom stereocenters. The molecule has 0 unspecified atom stereocenters. The molecule has 0 aromatic carbocycles. The smallest absolute Gasteiger partial charge is 0.281 e. The fourth-order valence-electron chi connectivity index (χ4n) is 3.13. The van der Waals surface area contributed by atoms with Gasteiger partial charge >= 0.3 is 0 Å². The predicted octanol–water partition coefficient (Wildman–Crippen LogP) is 0.878. The van der Waals surface area contributed by atoms with Gasteiger partial charge in [-0.2, -0.15) is 0 Å². The fourth-order valence-corrected chi connectivity index (χ4v) is 3.61.